The maximum absolute atomic E-state index is 12.6. The third-order valence-electron chi connectivity index (χ3n) is 4.95. The van der Waals surface area contributed by atoms with E-state index in [0.717, 1.165) is 17.0 Å². The lowest BCUT2D eigenvalue weighted by Gasteiger charge is -2.13. The van der Waals surface area contributed by atoms with Gasteiger partial charge in [-0.05, 0) is 67.3 Å². The summed E-state index contributed by atoms with van der Waals surface area (Å²) in [5.74, 6) is 1.62. The number of aromatic nitrogens is 2. The van der Waals surface area contributed by atoms with Crippen LogP contribution < -0.4 is 19.5 Å². The van der Waals surface area contributed by atoms with Crippen molar-refractivity contribution in [3.05, 3.63) is 63.1 Å². The van der Waals surface area contributed by atoms with Gasteiger partial charge in [-0.25, -0.2) is 0 Å². The van der Waals surface area contributed by atoms with Crippen LogP contribution in [0.25, 0.3) is 6.08 Å². The van der Waals surface area contributed by atoms with E-state index in [1.165, 1.54) is 17.4 Å². The Morgan fingerprint density at radius 1 is 1.14 bits per heavy atom. The molecule has 0 aliphatic rings. The monoisotopic (exact) mass is 540 g/mol. The number of benzene rings is 2. The van der Waals surface area contributed by atoms with Gasteiger partial charge in [0.25, 0.3) is 5.91 Å². The van der Waals surface area contributed by atoms with Gasteiger partial charge < -0.3 is 14.2 Å². The van der Waals surface area contributed by atoms with Gasteiger partial charge in [-0.3, -0.25) is 10.1 Å². The number of hydrogen-bond donors (Lipinski definition) is 1. The first kappa shape index (κ1) is 28.0. The smallest absolute Gasteiger partial charge is 0.268 e. The molecular weight excluding hydrogens is 512 g/mol. The molecule has 0 aliphatic carbocycles. The second kappa shape index (κ2) is 13.6. The van der Waals surface area contributed by atoms with Crippen molar-refractivity contribution in [2.45, 2.75) is 34.1 Å². The average Bonchev–Trinajstić information content (AvgIpc) is 3.29. The number of nitrogens with zero attached hydrogens (tertiary/aromatic N) is 3. The first-order chi connectivity index (χ1) is 17.8. The van der Waals surface area contributed by atoms with Gasteiger partial charge in [0.15, 0.2) is 11.5 Å². The van der Waals surface area contributed by atoms with Crippen LogP contribution in [0.3, 0.4) is 0 Å². The van der Waals surface area contributed by atoms with Crippen molar-refractivity contribution < 1.29 is 19.0 Å². The van der Waals surface area contributed by atoms with Crippen molar-refractivity contribution in [2.24, 2.45) is 5.92 Å². The molecule has 1 heterocycles. The van der Waals surface area contributed by atoms with Crippen LogP contribution >= 0.6 is 22.9 Å². The van der Waals surface area contributed by atoms with Crippen LogP contribution in [0.5, 0.6) is 17.2 Å². The van der Waals surface area contributed by atoms with Crippen molar-refractivity contribution in [1.29, 1.82) is 5.26 Å². The largest absolute Gasteiger partial charge is 0.490 e. The van der Waals surface area contributed by atoms with Crippen molar-refractivity contribution >= 4 is 40.1 Å². The van der Waals surface area contributed by atoms with Crippen molar-refractivity contribution in [3.63, 3.8) is 0 Å². The van der Waals surface area contributed by atoms with Gasteiger partial charge in [0.2, 0.25) is 5.13 Å². The molecule has 0 radical (unpaired) electrons. The fraction of sp³-hybridized carbons (Fsp3) is 0.333. The molecule has 3 rings (SSSR count). The maximum Gasteiger partial charge on any atom is 0.268 e. The zero-order valence-corrected chi connectivity index (χ0v) is 22.8. The van der Waals surface area contributed by atoms with Gasteiger partial charge in [-0.15, -0.1) is 10.2 Å². The third kappa shape index (κ3) is 8.48. The number of halogens is 1. The first-order valence-corrected chi connectivity index (χ1v) is 13.0. The number of carbonyl (C=O) groups excluding carboxylic acids is 1. The predicted molar refractivity (Wildman–Crippen MR) is 145 cm³/mol. The number of aryl methyl sites for hydroxylation is 1. The van der Waals surface area contributed by atoms with E-state index in [1.807, 2.05) is 26.0 Å². The van der Waals surface area contributed by atoms with E-state index in [4.69, 9.17) is 25.8 Å². The van der Waals surface area contributed by atoms with Gasteiger partial charge in [-0.2, -0.15) is 5.26 Å². The Hall–Kier alpha value is -3.61. The van der Waals surface area contributed by atoms with E-state index in [2.05, 4.69) is 29.4 Å². The second-order valence-corrected chi connectivity index (χ2v) is 9.94. The minimum Gasteiger partial charge on any atom is -0.490 e. The molecule has 0 saturated heterocycles. The minimum atomic E-state index is -0.553. The number of hydrogen-bond acceptors (Lipinski definition) is 8. The van der Waals surface area contributed by atoms with E-state index in [0.29, 0.717) is 58.7 Å². The van der Waals surface area contributed by atoms with Gasteiger partial charge in [-0.1, -0.05) is 42.9 Å². The van der Waals surface area contributed by atoms with Crippen LogP contribution in [0.2, 0.25) is 5.02 Å². The fourth-order valence-corrected chi connectivity index (χ4v) is 4.30. The van der Waals surface area contributed by atoms with E-state index >= 15 is 0 Å². The Labute approximate surface area is 225 Å². The molecule has 0 spiro atoms. The van der Waals surface area contributed by atoms with Crippen molar-refractivity contribution in [1.82, 2.24) is 10.2 Å². The number of nitriles is 1. The highest BCUT2D eigenvalue weighted by atomic mass is 35.5. The summed E-state index contributed by atoms with van der Waals surface area (Å²) in [4.78, 5) is 12.6. The molecule has 0 saturated carbocycles. The number of ether oxygens (including phenoxy) is 3. The Kier molecular flexibility index (Phi) is 10.3. The van der Waals surface area contributed by atoms with Crippen LogP contribution in [0.1, 0.15) is 36.9 Å². The molecule has 10 heteroatoms. The molecule has 0 bridgehead atoms. The average molecular weight is 541 g/mol. The molecule has 0 fully saturated rings. The van der Waals surface area contributed by atoms with E-state index in [-0.39, 0.29) is 5.57 Å². The number of nitrogens with one attached hydrogen (secondary N) is 1. The molecule has 194 valence electrons. The van der Waals surface area contributed by atoms with Crippen LogP contribution in [0, 0.1) is 24.2 Å². The summed E-state index contributed by atoms with van der Waals surface area (Å²) in [5.41, 5.74) is 1.49. The number of carbonyl (C=O) groups is 1. The maximum atomic E-state index is 12.6. The summed E-state index contributed by atoms with van der Waals surface area (Å²) in [6.07, 6.45) is 2.26. The molecule has 2 aromatic carbocycles. The highest BCUT2D eigenvalue weighted by Gasteiger charge is 2.14. The topological polar surface area (TPSA) is 106 Å². The highest BCUT2D eigenvalue weighted by molar-refractivity contribution is 7.15. The predicted octanol–water partition coefficient (Wildman–Crippen LogP) is 6.10. The summed E-state index contributed by atoms with van der Waals surface area (Å²) < 4.78 is 17.3. The number of amides is 1. The molecule has 8 nitrogen and oxygen atoms in total. The third-order valence-corrected chi connectivity index (χ3v) is 6.24. The van der Waals surface area contributed by atoms with Crippen LogP contribution in [-0.4, -0.2) is 35.9 Å². The summed E-state index contributed by atoms with van der Waals surface area (Å²) in [6.45, 7) is 8.99. The van der Waals surface area contributed by atoms with Gasteiger partial charge in [0.1, 0.15) is 35.6 Å². The van der Waals surface area contributed by atoms with Gasteiger partial charge >= 0.3 is 0 Å². The molecule has 3 aromatic rings. The van der Waals surface area contributed by atoms with Crippen molar-refractivity contribution in [3.8, 4) is 23.3 Å². The lowest BCUT2D eigenvalue weighted by Crippen LogP contribution is -2.13. The quantitative estimate of drug-likeness (QED) is 0.168. The number of anilines is 1. The van der Waals surface area contributed by atoms with E-state index < -0.39 is 5.91 Å². The second-order valence-electron chi connectivity index (χ2n) is 8.47. The Morgan fingerprint density at radius 2 is 1.92 bits per heavy atom. The Morgan fingerprint density at radius 3 is 2.62 bits per heavy atom. The SMILES string of the molecule is CCOc1cc(/C=C(/C#N)C(=O)Nc2nnc(CC(C)C)s2)ccc1OCCOc1ccc(Cl)c(C)c1. The van der Waals surface area contributed by atoms with Crippen LogP contribution in [-0.2, 0) is 11.2 Å². The van der Waals surface area contributed by atoms with E-state index in [1.54, 1.807) is 30.3 Å². The lowest BCUT2D eigenvalue weighted by molar-refractivity contribution is -0.112. The van der Waals surface area contributed by atoms with Crippen molar-refractivity contribution in [2.75, 3.05) is 25.1 Å². The fourth-order valence-electron chi connectivity index (χ4n) is 3.24. The van der Waals surface area contributed by atoms with Crippen LogP contribution in [0.15, 0.2) is 42.0 Å². The standard InChI is InChI=1S/C27H29ClN4O4S/c1-5-34-24-15-19(6-9-23(24)36-11-10-35-21-7-8-22(28)18(4)13-21)14-20(16-29)26(33)30-27-32-31-25(37-27)12-17(2)3/h6-9,13-15,17H,5,10-12H2,1-4H3,(H,30,32,33)/b20-14-. The van der Waals surface area contributed by atoms with Gasteiger partial charge in [0, 0.05) is 11.4 Å². The van der Waals surface area contributed by atoms with Gasteiger partial charge in [0.05, 0.1) is 6.61 Å². The first-order valence-electron chi connectivity index (χ1n) is 11.8. The Balaban J connectivity index is 1.64. The molecule has 1 amide bonds. The molecule has 1 aromatic heterocycles. The lowest BCUT2D eigenvalue weighted by atomic mass is 10.1. The zero-order valence-electron chi connectivity index (χ0n) is 21.2. The highest BCUT2D eigenvalue weighted by Crippen LogP contribution is 2.30. The minimum absolute atomic E-state index is 0.0663. The molecule has 1 N–H and O–H groups in total. The summed E-state index contributed by atoms with van der Waals surface area (Å²) in [6, 6.07) is 12.6. The summed E-state index contributed by atoms with van der Waals surface area (Å²) >= 11 is 7.35. The normalized spacial score (nSPS) is 11.2. The number of rotatable bonds is 12. The van der Waals surface area contributed by atoms with E-state index in [9.17, 15) is 10.1 Å². The summed E-state index contributed by atoms with van der Waals surface area (Å²) in [5, 5.41) is 22.2. The van der Waals surface area contributed by atoms with Crippen LogP contribution in [0.4, 0.5) is 5.13 Å². The molecule has 0 aliphatic heterocycles. The molecular formula is C27H29ClN4O4S. The summed E-state index contributed by atoms with van der Waals surface area (Å²) in [7, 11) is 0. The molecule has 0 unspecified atom stereocenters. The Bertz CT molecular complexity index is 1300. The zero-order chi connectivity index (χ0) is 26.8. The molecule has 0 atom stereocenters. The molecule has 37 heavy (non-hydrogen) atoms.